The van der Waals surface area contributed by atoms with E-state index < -0.39 is 124 Å². The van der Waals surface area contributed by atoms with Gasteiger partial charge in [0.25, 0.3) is 0 Å². The third-order valence-electron chi connectivity index (χ3n) is 19.5. The SMILES string of the molecule is CCCCC/C=C/CC/C=C/CC/C=C/C(O)C(COC1OC(CO)C(OC2OC(CO)C(OC3OC(CO)C(O)C(O)C3O)C(O)C2O)C(O)C1O)NC(=O)CCCCCCCCCCCCCCCCCCCCCCCCCCCC/C=C\C/C=C\C/C=C\CCCCCCC. The van der Waals surface area contributed by atoms with Crippen molar-refractivity contribution in [1.82, 2.24) is 5.32 Å². The molecule has 576 valence electrons. The number of carbonyl (C=O) groups is 1. The second kappa shape index (κ2) is 60.5. The summed E-state index contributed by atoms with van der Waals surface area (Å²) in [7, 11) is 0. The topological polar surface area (TPSA) is 307 Å². The Morgan fingerprint density at radius 1 is 0.364 bits per heavy atom. The Kier molecular flexibility index (Phi) is 55.3. The lowest BCUT2D eigenvalue weighted by Gasteiger charge is -2.48. The molecule has 0 saturated carbocycles. The lowest BCUT2D eigenvalue weighted by Crippen LogP contribution is -2.66. The molecule has 3 heterocycles. The quantitative estimate of drug-likeness (QED) is 0.0199. The molecule has 3 aliphatic heterocycles. The molecule has 0 radical (unpaired) electrons. The summed E-state index contributed by atoms with van der Waals surface area (Å²) in [5.74, 6) is -0.288. The Hall–Kier alpha value is -2.77. The van der Waals surface area contributed by atoms with E-state index in [0.29, 0.717) is 12.8 Å². The minimum absolute atomic E-state index is 0.233. The maximum Gasteiger partial charge on any atom is 0.220 e. The zero-order chi connectivity index (χ0) is 71.8. The number of unbranched alkanes of at least 4 members (excludes halogenated alkanes) is 36. The van der Waals surface area contributed by atoms with E-state index in [1.807, 2.05) is 6.08 Å². The highest BCUT2D eigenvalue weighted by Crippen LogP contribution is 2.33. The Morgan fingerprint density at radius 3 is 1.10 bits per heavy atom. The van der Waals surface area contributed by atoms with E-state index in [9.17, 15) is 61.0 Å². The van der Waals surface area contributed by atoms with Crippen LogP contribution in [0.4, 0.5) is 0 Å². The number of hydrogen-bond acceptors (Lipinski definition) is 18. The number of rotatable bonds is 62. The van der Waals surface area contributed by atoms with Crippen LogP contribution in [0, 0.1) is 0 Å². The van der Waals surface area contributed by atoms with Crippen LogP contribution in [0.2, 0.25) is 0 Å². The van der Waals surface area contributed by atoms with E-state index >= 15 is 0 Å². The summed E-state index contributed by atoms with van der Waals surface area (Å²) in [4.78, 5) is 13.4. The number of aliphatic hydroxyl groups excluding tert-OH is 11. The van der Waals surface area contributed by atoms with E-state index in [1.54, 1.807) is 6.08 Å². The molecule has 99 heavy (non-hydrogen) atoms. The summed E-state index contributed by atoms with van der Waals surface area (Å²) in [6, 6.07) is -0.997. The van der Waals surface area contributed by atoms with Crippen LogP contribution in [0.15, 0.2) is 72.9 Å². The third kappa shape index (κ3) is 40.9. The number of nitrogens with one attached hydrogen (secondary N) is 1. The molecule has 3 saturated heterocycles. The van der Waals surface area contributed by atoms with Crippen molar-refractivity contribution in [1.29, 1.82) is 0 Å². The average Bonchev–Trinajstić information content (AvgIpc) is 0.784. The van der Waals surface area contributed by atoms with Crippen molar-refractivity contribution in [3.05, 3.63) is 72.9 Å². The molecule has 1 amide bonds. The first-order valence-electron chi connectivity index (χ1n) is 39.7. The summed E-state index contributed by atoms with van der Waals surface area (Å²) in [5.41, 5.74) is 0. The predicted octanol–water partition coefficient (Wildman–Crippen LogP) is 12.8. The molecular weight excluding hydrogens is 1260 g/mol. The maximum atomic E-state index is 13.4. The van der Waals surface area contributed by atoms with E-state index in [4.69, 9.17) is 28.4 Å². The van der Waals surface area contributed by atoms with Gasteiger partial charge in [0, 0.05) is 6.42 Å². The van der Waals surface area contributed by atoms with Gasteiger partial charge in [-0.3, -0.25) is 4.79 Å². The fourth-order valence-corrected chi connectivity index (χ4v) is 13.1. The molecule has 3 aliphatic rings. The molecule has 19 nitrogen and oxygen atoms in total. The van der Waals surface area contributed by atoms with Gasteiger partial charge in [0.2, 0.25) is 5.91 Å². The number of hydrogen-bond donors (Lipinski definition) is 12. The number of ether oxygens (including phenoxy) is 6. The van der Waals surface area contributed by atoms with Gasteiger partial charge in [0.05, 0.1) is 38.6 Å². The van der Waals surface area contributed by atoms with Gasteiger partial charge >= 0.3 is 0 Å². The van der Waals surface area contributed by atoms with Gasteiger partial charge in [-0.05, 0) is 83.5 Å². The second-order valence-corrected chi connectivity index (χ2v) is 28.2. The third-order valence-corrected chi connectivity index (χ3v) is 19.5. The summed E-state index contributed by atoms with van der Waals surface area (Å²) >= 11 is 0. The van der Waals surface area contributed by atoms with Crippen molar-refractivity contribution in [2.24, 2.45) is 0 Å². The zero-order valence-electron chi connectivity index (χ0n) is 61.5. The summed E-state index contributed by atoms with van der Waals surface area (Å²) in [6.45, 7) is 1.67. The van der Waals surface area contributed by atoms with Crippen molar-refractivity contribution >= 4 is 5.91 Å². The summed E-state index contributed by atoms with van der Waals surface area (Å²) in [6.07, 6.45) is 52.2. The lowest BCUT2D eigenvalue weighted by atomic mass is 9.96. The largest absolute Gasteiger partial charge is 0.394 e. The molecule has 12 N–H and O–H groups in total. The average molecular weight is 1410 g/mol. The zero-order valence-corrected chi connectivity index (χ0v) is 61.5. The van der Waals surface area contributed by atoms with Crippen molar-refractivity contribution in [3.63, 3.8) is 0 Å². The molecule has 0 spiro atoms. The number of amides is 1. The Labute approximate surface area is 598 Å². The second-order valence-electron chi connectivity index (χ2n) is 28.2. The van der Waals surface area contributed by atoms with Crippen LogP contribution in [0.5, 0.6) is 0 Å². The molecule has 17 unspecified atom stereocenters. The van der Waals surface area contributed by atoms with Gasteiger partial charge in [-0.2, -0.15) is 0 Å². The van der Waals surface area contributed by atoms with Crippen LogP contribution in [0.3, 0.4) is 0 Å². The van der Waals surface area contributed by atoms with Gasteiger partial charge in [0.15, 0.2) is 18.9 Å². The van der Waals surface area contributed by atoms with Crippen LogP contribution in [0.1, 0.15) is 296 Å². The van der Waals surface area contributed by atoms with Gasteiger partial charge in [-0.25, -0.2) is 0 Å². The molecule has 0 aromatic carbocycles. The fourth-order valence-electron chi connectivity index (χ4n) is 13.1. The van der Waals surface area contributed by atoms with Gasteiger partial charge in [-0.15, -0.1) is 0 Å². The first-order chi connectivity index (χ1) is 48.3. The number of carbonyl (C=O) groups excluding carboxylic acids is 1. The van der Waals surface area contributed by atoms with E-state index in [1.165, 1.54) is 205 Å². The molecule has 3 rings (SSSR count). The first kappa shape index (κ1) is 90.4. The Bertz CT molecular complexity index is 2070. The Balaban J connectivity index is 1.27. The highest BCUT2D eigenvalue weighted by molar-refractivity contribution is 5.76. The fraction of sp³-hybridized carbons (Fsp3) is 0.838. The molecule has 0 bridgehead atoms. The normalized spacial score (nSPS) is 27.0. The van der Waals surface area contributed by atoms with Crippen molar-refractivity contribution in [2.75, 3.05) is 26.4 Å². The molecular formula is C80H143NO18. The highest BCUT2D eigenvalue weighted by Gasteiger charge is 2.53. The van der Waals surface area contributed by atoms with Crippen LogP contribution in [0.25, 0.3) is 0 Å². The molecule has 17 atom stereocenters. The summed E-state index contributed by atoms with van der Waals surface area (Å²) < 4.78 is 34.3. The van der Waals surface area contributed by atoms with E-state index in [2.05, 4.69) is 79.9 Å². The van der Waals surface area contributed by atoms with Crippen LogP contribution in [-0.4, -0.2) is 193 Å². The summed E-state index contributed by atoms with van der Waals surface area (Å²) in [5, 5.41) is 120. The van der Waals surface area contributed by atoms with Crippen molar-refractivity contribution < 1.29 is 89.4 Å². The lowest BCUT2D eigenvalue weighted by molar-refractivity contribution is -0.379. The highest BCUT2D eigenvalue weighted by atomic mass is 16.8. The van der Waals surface area contributed by atoms with Gasteiger partial charge < -0.3 is 89.9 Å². The molecule has 19 heteroatoms. The minimum Gasteiger partial charge on any atom is -0.394 e. The van der Waals surface area contributed by atoms with E-state index in [-0.39, 0.29) is 18.9 Å². The van der Waals surface area contributed by atoms with Gasteiger partial charge in [0.1, 0.15) is 73.2 Å². The number of allylic oxidation sites excluding steroid dienone is 11. The first-order valence-corrected chi connectivity index (χ1v) is 39.7. The molecule has 3 fully saturated rings. The maximum absolute atomic E-state index is 13.4. The number of aliphatic hydroxyl groups is 11. The van der Waals surface area contributed by atoms with Crippen molar-refractivity contribution in [2.45, 2.75) is 401 Å². The van der Waals surface area contributed by atoms with Crippen molar-refractivity contribution in [3.8, 4) is 0 Å². The smallest absolute Gasteiger partial charge is 0.220 e. The van der Waals surface area contributed by atoms with Gasteiger partial charge in [-0.1, -0.05) is 279 Å². The van der Waals surface area contributed by atoms with Crippen LogP contribution in [-0.2, 0) is 33.2 Å². The molecule has 0 aliphatic carbocycles. The molecule has 0 aromatic heterocycles. The van der Waals surface area contributed by atoms with Crippen LogP contribution >= 0.6 is 0 Å². The molecule has 0 aromatic rings. The van der Waals surface area contributed by atoms with Crippen LogP contribution < -0.4 is 5.32 Å². The van der Waals surface area contributed by atoms with E-state index in [0.717, 1.165) is 57.8 Å². The monoisotopic (exact) mass is 1410 g/mol. The minimum atomic E-state index is -1.98. The standard InChI is InChI=1S/C80H143NO18/c1-3-5-7-9-11-13-15-17-18-19-20-21-22-23-24-25-26-27-28-29-30-31-32-33-34-35-36-37-38-39-40-41-42-43-44-46-48-50-52-54-56-58-68(86)81-63(64(85)57-55-53-51-49-47-45-16-14-12-10-8-6-4-2)62-94-78-74(92)71(89)76(66(60-83)96-78)99-80-75(93)72(90)77(67(61-84)97-80)98-79-73(91)70(88)69(87)65(59-82)95-79/h12,14-15,17,19-20,22-23,47,49,55,57,63-67,69-80,82-85,87-93H,3-11,13,16,18,21,24-46,48,50-54,56,58-62H2,1-2H3,(H,81,86)/b14-12+,17-15-,20-19-,23-22-,49-47+,57-55+. The Morgan fingerprint density at radius 2 is 0.677 bits per heavy atom. The predicted molar refractivity (Wildman–Crippen MR) is 392 cm³/mol.